The number of ether oxygens (including phenoxy) is 2. The van der Waals surface area contributed by atoms with E-state index in [1.165, 1.54) is 0 Å². The van der Waals surface area contributed by atoms with Crippen LogP contribution in [0.15, 0.2) is 48.5 Å². The fourth-order valence-corrected chi connectivity index (χ4v) is 2.66. The second-order valence-corrected chi connectivity index (χ2v) is 5.97. The van der Waals surface area contributed by atoms with Crippen LogP contribution in [0.2, 0.25) is 0 Å². The fourth-order valence-electron chi connectivity index (χ4n) is 2.66. The lowest BCUT2D eigenvalue weighted by Crippen LogP contribution is -2.39. The first-order valence-electron chi connectivity index (χ1n) is 8.17. The van der Waals surface area contributed by atoms with Gasteiger partial charge in [-0.05, 0) is 30.2 Å². The molecule has 0 aliphatic carbocycles. The standard InChI is InChI=1S/C20H25NO4/c1-14(20(23)16-8-6-5-7-9-16)21(2)19(22)13-15-10-11-17(24-3)18(12-15)25-4/h5-12,14,20,23H,13H2,1-4H3/t14-,20+/m1/s1. The van der Waals surface area contributed by atoms with Gasteiger partial charge in [-0.25, -0.2) is 0 Å². The zero-order chi connectivity index (χ0) is 18.4. The number of nitrogens with zero attached hydrogens (tertiary/aromatic N) is 1. The minimum Gasteiger partial charge on any atom is -0.493 e. The van der Waals surface area contributed by atoms with Crippen LogP contribution in [0.3, 0.4) is 0 Å². The van der Waals surface area contributed by atoms with E-state index in [1.807, 2.05) is 43.3 Å². The van der Waals surface area contributed by atoms with Crippen molar-refractivity contribution in [1.82, 2.24) is 4.90 Å². The normalized spacial score (nSPS) is 13.0. The summed E-state index contributed by atoms with van der Waals surface area (Å²) in [6.07, 6.45) is -0.511. The van der Waals surface area contributed by atoms with E-state index in [2.05, 4.69) is 0 Å². The van der Waals surface area contributed by atoms with Crippen molar-refractivity contribution in [1.29, 1.82) is 0 Å². The van der Waals surface area contributed by atoms with Gasteiger partial charge in [-0.15, -0.1) is 0 Å². The Morgan fingerprint density at radius 2 is 1.72 bits per heavy atom. The van der Waals surface area contributed by atoms with Crippen molar-refractivity contribution >= 4 is 5.91 Å². The molecule has 1 amide bonds. The number of rotatable bonds is 7. The van der Waals surface area contributed by atoms with Gasteiger partial charge in [-0.1, -0.05) is 36.4 Å². The Hall–Kier alpha value is -2.53. The first-order valence-corrected chi connectivity index (χ1v) is 8.17. The lowest BCUT2D eigenvalue weighted by molar-refractivity contribution is -0.133. The predicted molar refractivity (Wildman–Crippen MR) is 96.9 cm³/mol. The number of aliphatic hydroxyl groups is 1. The van der Waals surface area contributed by atoms with Gasteiger partial charge in [0.25, 0.3) is 0 Å². The highest BCUT2D eigenvalue weighted by molar-refractivity contribution is 5.79. The molecule has 25 heavy (non-hydrogen) atoms. The molecule has 1 N–H and O–H groups in total. The monoisotopic (exact) mass is 343 g/mol. The number of carbonyl (C=O) groups excluding carboxylic acids is 1. The Balaban J connectivity index is 2.07. The maximum absolute atomic E-state index is 12.6. The largest absolute Gasteiger partial charge is 0.493 e. The van der Waals surface area contributed by atoms with Crippen molar-refractivity contribution in [3.8, 4) is 11.5 Å². The molecule has 0 aliphatic heterocycles. The van der Waals surface area contributed by atoms with E-state index in [0.717, 1.165) is 11.1 Å². The number of carbonyl (C=O) groups is 1. The molecule has 0 heterocycles. The average molecular weight is 343 g/mol. The lowest BCUT2D eigenvalue weighted by atomic mass is 10.0. The molecule has 0 fully saturated rings. The zero-order valence-electron chi connectivity index (χ0n) is 15.1. The summed E-state index contributed by atoms with van der Waals surface area (Å²) in [7, 11) is 4.84. The minimum absolute atomic E-state index is 0.0744. The van der Waals surface area contributed by atoms with Crippen LogP contribution in [-0.2, 0) is 11.2 Å². The fraction of sp³-hybridized carbons (Fsp3) is 0.350. The third-order valence-electron chi connectivity index (χ3n) is 4.41. The smallest absolute Gasteiger partial charge is 0.227 e. The van der Waals surface area contributed by atoms with E-state index >= 15 is 0 Å². The topological polar surface area (TPSA) is 59.0 Å². The van der Waals surface area contributed by atoms with E-state index in [-0.39, 0.29) is 18.4 Å². The Morgan fingerprint density at radius 1 is 1.08 bits per heavy atom. The highest BCUT2D eigenvalue weighted by atomic mass is 16.5. The summed E-state index contributed by atoms with van der Waals surface area (Å²) < 4.78 is 10.5. The summed E-state index contributed by atoms with van der Waals surface area (Å²) in [5.74, 6) is 1.14. The average Bonchev–Trinajstić information content (AvgIpc) is 2.66. The molecule has 5 heteroatoms. The second-order valence-electron chi connectivity index (χ2n) is 5.97. The molecule has 0 aromatic heterocycles. The minimum atomic E-state index is -0.736. The van der Waals surface area contributed by atoms with Crippen molar-refractivity contribution in [2.24, 2.45) is 0 Å². The van der Waals surface area contributed by atoms with Crippen molar-refractivity contribution in [2.75, 3.05) is 21.3 Å². The molecular weight excluding hydrogens is 318 g/mol. The first-order chi connectivity index (χ1) is 12.0. The highest BCUT2D eigenvalue weighted by Crippen LogP contribution is 2.28. The van der Waals surface area contributed by atoms with E-state index < -0.39 is 6.10 Å². The van der Waals surface area contributed by atoms with Crippen LogP contribution in [0, 0.1) is 0 Å². The third-order valence-corrected chi connectivity index (χ3v) is 4.41. The maximum atomic E-state index is 12.6. The summed E-state index contributed by atoms with van der Waals surface area (Å²) in [6, 6.07) is 14.4. The molecule has 0 spiro atoms. The Morgan fingerprint density at radius 3 is 2.32 bits per heavy atom. The molecule has 0 radical (unpaired) electrons. The molecular formula is C20H25NO4. The van der Waals surface area contributed by atoms with Crippen molar-refractivity contribution in [2.45, 2.75) is 25.5 Å². The molecule has 2 rings (SSSR count). The number of likely N-dealkylation sites (N-methyl/N-ethyl adjacent to an activating group) is 1. The van der Waals surface area contributed by atoms with Gasteiger partial charge in [-0.2, -0.15) is 0 Å². The number of aliphatic hydroxyl groups excluding tert-OH is 1. The Labute approximate surface area is 148 Å². The van der Waals surface area contributed by atoms with Crippen LogP contribution < -0.4 is 9.47 Å². The third kappa shape index (κ3) is 4.51. The Bertz CT molecular complexity index is 702. The van der Waals surface area contributed by atoms with E-state index in [0.29, 0.717) is 11.5 Å². The van der Waals surface area contributed by atoms with Gasteiger partial charge in [0.05, 0.1) is 32.8 Å². The van der Waals surface area contributed by atoms with Crippen molar-refractivity contribution < 1.29 is 19.4 Å². The van der Waals surface area contributed by atoms with Crippen molar-refractivity contribution in [3.05, 3.63) is 59.7 Å². The molecule has 0 saturated carbocycles. The zero-order valence-corrected chi connectivity index (χ0v) is 15.1. The van der Waals surface area contributed by atoms with Gasteiger partial charge in [0.15, 0.2) is 11.5 Å². The number of methoxy groups -OCH3 is 2. The Kier molecular flexibility index (Phi) is 6.42. The van der Waals surface area contributed by atoms with Gasteiger partial charge < -0.3 is 19.5 Å². The molecule has 2 atom stereocenters. The van der Waals surface area contributed by atoms with Crippen LogP contribution in [0.25, 0.3) is 0 Å². The van der Waals surface area contributed by atoms with Gasteiger partial charge in [-0.3, -0.25) is 4.79 Å². The number of benzene rings is 2. The summed E-state index contributed by atoms with van der Waals surface area (Å²) >= 11 is 0. The molecule has 134 valence electrons. The van der Waals surface area contributed by atoms with E-state index in [9.17, 15) is 9.90 Å². The molecule has 2 aromatic rings. The molecule has 2 aromatic carbocycles. The second kappa shape index (κ2) is 8.53. The predicted octanol–water partition coefficient (Wildman–Crippen LogP) is 2.83. The number of hydrogen-bond acceptors (Lipinski definition) is 4. The van der Waals surface area contributed by atoms with Crippen LogP contribution >= 0.6 is 0 Å². The summed E-state index contributed by atoms with van der Waals surface area (Å²) in [6.45, 7) is 1.84. The molecule has 0 saturated heterocycles. The van der Waals surface area contributed by atoms with Gasteiger partial charge in [0.1, 0.15) is 0 Å². The van der Waals surface area contributed by atoms with Crippen LogP contribution in [0.5, 0.6) is 11.5 Å². The molecule has 0 unspecified atom stereocenters. The summed E-state index contributed by atoms with van der Waals surface area (Å²) in [5, 5.41) is 10.5. The SMILES string of the molecule is COc1ccc(CC(=O)N(C)[C@H](C)[C@H](O)c2ccccc2)cc1OC. The van der Waals surface area contributed by atoms with Crippen LogP contribution in [0.4, 0.5) is 0 Å². The van der Waals surface area contributed by atoms with Gasteiger partial charge >= 0.3 is 0 Å². The summed E-state index contributed by atoms with van der Waals surface area (Å²) in [4.78, 5) is 14.2. The number of hydrogen-bond donors (Lipinski definition) is 1. The molecule has 0 aliphatic rings. The van der Waals surface area contributed by atoms with Crippen molar-refractivity contribution in [3.63, 3.8) is 0 Å². The quantitative estimate of drug-likeness (QED) is 0.840. The molecule has 5 nitrogen and oxygen atoms in total. The first kappa shape index (κ1) is 18.8. The molecule has 0 bridgehead atoms. The van der Waals surface area contributed by atoms with E-state index in [1.54, 1.807) is 38.3 Å². The highest BCUT2D eigenvalue weighted by Gasteiger charge is 2.24. The van der Waals surface area contributed by atoms with Crippen LogP contribution in [0.1, 0.15) is 24.2 Å². The summed E-state index contributed by atoms with van der Waals surface area (Å²) in [5.41, 5.74) is 1.62. The maximum Gasteiger partial charge on any atom is 0.227 e. The number of amides is 1. The lowest BCUT2D eigenvalue weighted by Gasteiger charge is -2.29. The van der Waals surface area contributed by atoms with Crippen LogP contribution in [-0.4, -0.2) is 43.2 Å². The van der Waals surface area contributed by atoms with E-state index in [4.69, 9.17) is 9.47 Å². The van der Waals surface area contributed by atoms with Gasteiger partial charge in [0, 0.05) is 7.05 Å². The van der Waals surface area contributed by atoms with Gasteiger partial charge in [0.2, 0.25) is 5.91 Å².